The van der Waals surface area contributed by atoms with Crippen LogP contribution in [0.15, 0.2) is 46.8 Å². The van der Waals surface area contributed by atoms with Gasteiger partial charge in [-0.15, -0.1) is 0 Å². The standard InChI is InChI=1S/C15H16O3/c1-10-4-3-6-15(2)12(10)8-13(16)18-14(15)11-5-7-17-9-11/h5,7-9,14H,1,3-4,6H2,2H3/t14-,15+/m0/s1. The normalized spacial score (nSPS) is 31.6. The summed E-state index contributed by atoms with van der Waals surface area (Å²) in [6.45, 7) is 6.24. The maximum absolute atomic E-state index is 11.7. The average molecular weight is 244 g/mol. The Balaban J connectivity index is 2.09. The van der Waals surface area contributed by atoms with Gasteiger partial charge in [-0.1, -0.05) is 19.1 Å². The largest absolute Gasteiger partial charge is 0.472 e. The molecule has 0 radical (unpaired) electrons. The molecule has 0 unspecified atom stereocenters. The minimum absolute atomic E-state index is 0.173. The molecule has 2 aliphatic rings. The van der Waals surface area contributed by atoms with Crippen LogP contribution >= 0.6 is 0 Å². The molecule has 1 aliphatic heterocycles. The van der Waals surface area contributed by atoms with Crippen LogP contribution < -0.4 is 0 Å². The van der Waals surface area contributed by atoms with Gasteiger partial charge in [0.15, 0.2) is 0 Å². The number of ether oxygens (including phenoxy) is 1. The second-order valence-corrected chi connectivity index (χ2v) is 5.31. The second kappa shape index (κ2) is 3.87. The summed E-state index contributed by atoms with van der Waals surface area (Å²) < 4.78 is 10.7. The van der Waals surface area contributed by atoms with Crippen LogP contribution in [-0.4, -0.2) is 5.97 Å². The van der Waals surface area contributed by atoms with Gasteiger partial charge < -0.3 is 9.15 Å². The number of hydrogen-bond donors (Lipinski definition) is 0. The summed E-state index contributed by atoms with van der Waals surface area (Å²) in [6, 6.07) is 1.86. The zero-order chi connectivity index (χ0) is 12.8. The Kier molecular flexibility index (Phi) is 2.44. The number of cyclic esters (lactones) is 1. The van der Waals surface area contributed by atoms with Crippen LogP contribution in [0.2, 0.25) is 0 Å². The first-order chi connectivity index (χ1) is 8.61. The van der Waals surface area contributed by atoms with Gasteiger partial charge in [0.25, 0.3) is 0 Å². The van der Waals surface area contributed by atoms with Crippen molar-refractivity contribution in [2.75, 3.05) is 0 Å². The summed E-state index contributed by atoms with van der Waals surface area (Å²) in [5, 5.41) is 0. The first kappa shape index (κ1) is 11.3. The topological polar surface area (TPSA) is 39.4 Å². The first-order valence-corrected chi connectivity index (χ1v) is 6.24. The first-order valence-electron chi connectivity index (χ1n) is 6.24. The van der Waals surface area contributed by atoms with Crippen LogP contribution in [0.1, 0.15) is 37.9 Å². The van der Waals surface area contributed by atoms with E-state index in [0.717, 1.165) is 36.0 Å². The van der Waals surface area contributed by atoms with Gasteiger partial charge in [-0.05, 0) is 30.9 Å². The fourth-order valence-corrected chi connectivity index (χ4v) is 3.14. The molecule has 3 nitrogen and oxygen atoms in total. The van der Waals surface area contributed by atoms with Gasteiger partial charge in [0.05, 0.1) is 12.5 Å². The van der Waals surface area contributed by atoms with E-state index < -0.39 is 0 Å². The van der Waals surface area contributed by atoms with Crippen molar-refractivity contribution in [1.82, 2.24) is 0 Å². The predicted molar refractivity (Wildman–Crippen MR) is 66.7 cm³/mol. The summed E-state index contributed by atoms with van der Waals surface area (Å²) in [5.41, 5.74) is 2.86. The van der Waals surface area contributed by atoms with Crippen LogP contribution in [0.4, 0.5) is 0 Å². The molecule has 0 N–H and O–H groups in total. The molecule has 2 heterocycles. The van der Waals surface area contributed by atoms with E-state index in [1.54, 1.807) is 18.6 Å². The summed E-state index contributed by atoms with van der Waals surface area (Å²) in [7, 11) is 0. The van der Waals surface area contributed by atoms with Crippen molar-refractivity contribution in [3.05, 3.63) is 48.0 Å². The molecule has 1 aliphatic carbocycles. The SMILES string of the molecule is C=C1CCC[C@]2(C)C1=CC(=O)O[C@H]2c1ccoc1. The van der Waals surface area contributed by atoms with Gasteiger partial charge in [0.1, 0.15) is 6.10 Å². The molecule has 1 aromatic rings. The number of rotatable bonds is 1. The van der Waals surface area contributed by atoms with Crippen molar-refractivity contribution in [2.24, 2.45) is 5.41 Å². The molecule has 0 amide bonds. The third kappa shape index (κ3) is 1.54. The van der Waals surface area contributed by atoms with Crippen molar-refractivity contribution in [3.8, 4) is 0 Å². The van der Waals surface area contributed by atoms with E-state index in [9.17, 15) is 4.79 Å². The highest BCUT2D eigenvalue weighted by atomic mass is 16.5. The fourth-order valence-electron chi connectivity index (χ4n) is 3.14. The lowest BCUT2D eigenvalue weighted by Gasteiger charge is -2.44. The van der Waals surface area contributed by atoms with Gasteiger partial charge in [-0.25, -0.2) is 4.79 Å². The third-order valence-electron chi connectivity index (χ3n) is 4.09. The van der Waals surface area contributed by atoms with E-state index >= 15 is 0 Å². The molecule has 3 rings (SSSR count). The second-order valence-electron chi connectivity index (χ2n) is 5.31. The third-order valence-corrected chi connectivity index (χ3v) is 4.09. The molecule has 1 fully saturated rings. The number of esters is 1. The minimum Gasteiger partial charge on any atom is -0.472 e. The zero-order valence-corrected chi connectivity index (χ0v) is 10.4. The van der Waals surface area contributed by atoms with Crippen molar-refractivity contribution in [3.63, 3.8) is 0 Å². The van der Waals surface area contributed by atoms with Gasteiger partial charge in [-0.3, -0.25) is 0 Å². The monoisotopic (exact) mass is 244 g/mol. The van der Waals surface area contributed by atoms with E-state index in [1.807, 2.05) is 6.07 Å². The molecule has 0 bridgehead atoms. The Morgan fingerprint density at radius 2 is 2.33 bits per heavy atom. The number of carbonyl (C=O) groups is 1. The molecule has 0 spiro atoms. The highest BCUT2D eigenvalue weighted by Gasteiger charge is 2.46. The Bertz CT molecular complexity index is 524. The van der Waals surface area contributed by atoms with Gasteiger partial charge >= 0.3 is 5.97 Å². The van der Waals surface area contributed by atoms with Crippen molar-refractivity contribution in [1.29, 1.82) is 0 Å². The van der Waals surface area contributed by atoms with E-state index in [0.29, 0.717) is 0 Å². The van der Waals surface area contributed by atoms with E-state index in [2.05, 4.69) is 13.5 Å². The summed E-state index contributed by atoms with van der Waals surface area (Å²) >= 11 is 0. The minimum atomic E-state index is -0.281. The summed E-state index contributed by atoms with van der Waals surface area (Å²) in [5.74, 6) is -0.281. The predicted octanol–water partition coefficient (Wildman–Crippen LogP) is 3.55. The van der Waals surface area contributed by atoms with Crippen LogP contribution in [-0.2, 0) is 9.53 Å². The smallest absolute Gasteiger partial charge is 0.331 e. The van der Waals surface area contributed by atoms with Crippen LogP contribution in [0, 0.1) is 5.41 Å². The van der Waals surface area contributed by atoms with Gasteiger partial charge in [0.2, 0.25) is 0 Å². The zero-order valence-electron chi connectivity index (χ0n) is 10.4. The molecular weight excluding hydrogens is 228 g/mol. The number of allylic oxidation sites excluding steroid dienone is 1. The Labute approximate surface area is 106 Å². The summed E-state index contributed by atoms with van der Waals surface area (Å²) in [4.78, 5) is 11.7. The fraction of sp³-hybridized carbons (Fsp3) is 0.400. The molecule has 2 atom stereocenters. The number of hydrogen-bond acceptors (Lipinski definition) is 3. The van der Waals surface area contributed by atoms with E-state index in [-0.39, 0.29) is 17.5 Å². The lowest BCUT2D eigenvalue weighted by Crippen LogP contribution is -2.37. The van der Waals surface area contributed by atoms with Crippen LogP contribution in [0.5, 0.6) is 0 Å². The average Bonchev–Trinajstić information content (AvgIpc) is 2.84. The molecule has 1 saturated carbocycles. The maximum atomic E-state index is 11.7. The highest BCUT2D eigenvalue weighted by molar-refractivity contribution is 5.86. The van der Waals surface area contributed by atoms with Crippen molar-refractivity contribution < 1.29 is 13.9 Å². The molecule has 0 aromatic carbocycles. The molecule has 1 aromatic heterocycles. The molecule has 18 heavy (non-hydrogen) atoms. The number of carbonyl (C=O) groups excluding carboxylic acids is 1. The van der Waals surface area contributed by atoms with Crippen LogP contribution in [0.3, 0.4) is 0 Å². The van der Waals surface area contributed by atoms with Gasteiger partial charge in [-0.2, -0.15) is 0 Å². The maximum Gasteiger partial charge on any atom is 0.331 e. The van der Waals surface area contributed by atoms with E-state index in [1.165, 1.54) is 0 Å². The molecule has 0 saturated heterocycles. The van der Waals surface area contributed by atoms with E-state index in [4.69, 9.17) is 9.15 Å². The van der Waals surface area contributed by atoms with Crippen LogP contribution in [0.25, 0.3) is 0 Å². The van der Waals surface area contributed by atoms with Crippen molar-refractivity contribution >= 4 is 5.97 Å². The Hall–Kier alpha value is -1.77. The molecule has 3 heteroatoms. The summed E-state index contributed by atoms with van der Waals surface area (Å²) in [6.07, 6.45) is 7.66. The molecule has 94 valence electrons. The molecular formula is C15H16O3. The van der Waals surface area contributed by atoms with Crippen molar-refractivity contribution in [2.45, 2.75) is 32.3 Å². The number of fused-ring (bicyclic) bond motifs is 1. The lowest BCUT2D eigenvalue weighted by molar-refractivity contribution is -0.152. The van der Waals surface area contributed by atoms with Gasteiger partial charge in [0, 0.05) is 17.1 Å². The Morgan fingerprint density at radius 3 is 3.06 bits per heavy atom. The quantitative estimate of drug-likeness (QED) is 0.709. The lowest BCUT2D eigenvalue weighted by atomic mass is 9.64. The number of furan rings is 1. The highest BCUT2D eigenvalue weighted by Crippen LogP contribution is 2.54. The Morgan fingerprint density at radius 1 is 1.50 bits per heavy atom.